The first kappa shape index (κ1) is 11.9. The number of carbonyl (C=O) groups excluding carboxylic acids is 1. The molecule has 3 heteroatoms. The fraction of sp³-hybridized carbons (Fsp3) is 0.214. The summed E-state index contributed by atoms with van der Waals surface area (Å²) >= 11 is 1.50. The second kappa shape index (κ2) is 4.72. The molecule has 0 saturated carbocycles. The zero-order chi connectivity index (χ0) is 12.4. The zero-order valence-electron chi connectivity index (χ0n) is 9.99. The van der Waals surface area contributed by atoms with Gasteiger partial charge in [0.2, 0.25) is 0 Å². The standard InChI is InChI=1S/C14H15NOS/c1-3-11-12(9(2)16)14(15)17-13(11)10-7-5-4-6-8-10/h4-8H,3,15H2,1-2H3. The molecule has 0 atom stereocenters. The van der Waals surface area contributed by atoms with Gasteiger partial charge in [-0.3, -0.25) is 4.79 Å². The molecule has 0 fully saturated rings. The lowest BCUT2D eigenvalue weighted by atomic mass is 10.0. The van der Waals surface area contributed by atoms with Gasteiger partial charge in [-0.15, -0.1) is 11.3 Å². The molecule has 0 amide bonds. The number of anilines is 1. The molecule has 2 rings (SSSR count). The minimum absolute atomic E-state index is 0.0535. The Hall–Kier alpha value is -1.61. The molecule has 0 bridgehead atoms. The minimum Gasteiger partial charge on any atom is -0.390 e. The van der Waals surface area contributed by atoms with Crippen molar-refractivity contribution in [1.29, 1.82) is 0 Å². The van der Waals surface area contributed by atoms with Crippen molar-refractivity contribution in [1.82, 2.24) is 0 Å². The van der Waals surface area contributed by atoms with Gasteiger partial charge < -0.3 is 5.73 Å². The molecule has 0 radical (unpaired) electrons. The topological polar surface area (TPSA) is 43.1 Å². The predicted octanol–water partition coefficient (Wildman–Crippen LogP) is 3.76. The third kappa shape index (κ3) is 2.11. The molecule has 1 aromatic heterocycles. The van der Waals surface area contributed by atoms with Gasteiger partial charge in [0.25, 0.3) is 0 Å². The van der Waals surface area contributed by atoms with Gasteiger partial charge >= 0.3 is 0 Å². The van der Waals surface area contributed by atoms with Crippen molar-refractivity contribution in [2.75, 3.05) is 5.73 Å². The fourth-order valence-electron chi connectivity index (χ4n) is 2.03. The van der Waals surface area contributed by atoms with Crippen LogP contribution in [0.4, 0.5) is 5.00 Å². The lowest BCUT2D eigenvalue weighted by molar-refractivity contribution is 0.101. The zero-order valence-corrected chi connectivity index (χ0v) is 10.8. The normalized spacial score (nSPS) is 10.5. The van der Waals surface area contributed by atoms with Crippen molar-refractivity contribution in [2.45, 2.75) is 20.3 Å². The number of hydrogen-bond acceptors (Lipinski definition) is 3. The van der Waals surface area contributed by atoms with E-state index in [1.807, 2.05) is 30.3 Å². The van der Waals surface area contributed by atoms with E-state index in [2.05, 4.69) is 6.92 Å². The van der Waals surface area contributed by atoms with E-state index in [4.69, 9.17) is 5.73 Å². The van der Waals surface area contributed by atoms with Crippen LogP contribution in [0.5, 0.6) is 0 Å². The summed E-state index contributed by atoms with van der Waals surface area (Å²) in [7, 11) is 0. The molecule has 2 aromatic rings. The summed E-state index contributed by atoms with van der Waals surface area (Å²) in [6.45, 7) is 3.63. The van der Waals surface area contributed by atoms with Crippen LogP contribution in [0.25, 0.3) is 10.4 Å². The molecular weight excluding hydrogens is 230 g/mol. The number of carbonyl (C=O) groups is 1. The van der Waals surface area contributed by atoms with Gasteiger partial charge in [-0.1, -0.05) is 37.3 Å². The van der Waals surface area contributed by atoms with E-state index in [9.17, 15) is 4.79 Å². The average molecular weight is 245 g/mol. The van der Waals surface area contributed by atoms with Gasteiger partial charge in [-0.25, -0.2) is 0 Å². The molecule has 0 aliphatic carbocycles. The van der Waals surface area contributed by atoms with Gasteiger partial charge in [-0.2, -0.15) is 0 Å². The molecule has 0 unspecified atom stereocenters. The summed E-state index contributed by atoms with van der Waals surface area (Å²) in [6.07, 6.45) is 0.826. The summed E-state index contributed by atoms with van der Waals surface area (Å²) in [5.74, 6) is 0.0535. The number of thiophene rings is 1. The number of rotatable bonds is 3. The van der Waals surface area contributed by atoms with Crippen LogP contribution in [0.2, 0.25) is 0 Å². The Labute approximate surface area is 105 Å². The van der Waals surface area contributed by atoms with E-state index in [0.29, 0.717) is 10.6 Å². The fourth-order valence-corrected chi connectivity index (χ4v) is 3.24. The molecule has 0 aliphatic heterocycles. The van der Waals surface area contributed by atoms with Crippen molar-refractivity contribution in [3.63, 3.8) is 0 Å². The Morgan fingerprint density at radius 3 is 2.47 bits per heavy atom. The Balaban J connectivity index is 2.64. The van der Waals surface area contributed by atoms with Crippen molar-refractivity contribution >= 4 is 22.1 Å². The van der Waals surface area contributed by atoms with Crippen LogP contribution in [0.15, 0.2) is 30.3 Å². The first-order valence-electron chi connectivity index (χ1n) is 5.62. The highest BCUT2D eigenvalue weighted by Crippen LogP contribution is 2.39. The Kier molecular flexibility index (Phi) is 3.29. The second-order valence-corrected chi connectivity index (χ2v) is 4.98. The van der Waals surface area contributed by atoms with Crippen molar-refractivity contribution in [3.8, 4) is 10.4 Å². The average Bonchev–Trinajstić information content (AvgIpc) is 2.67. The van der Waals surface area contributed by atoms with Crippen molar-refractivity contribution in [3.05, 3.63) is 41.5 Å². The largest absolute Gasteiger partial charge is 0.390 e. The number of nitrogens with two attached hydrogens (primary N) is 1. The highest BCUT2D eigenvalue weighted by Gasteiger charge is 2.18. The van der Waals surface area contributed by atoms with Gasteiger partial charge in [-0.05, 0) is 24.5 Å². The van der Waals surface area contributed by atoms with Crippen LogP contribution < -0.4 is 5.73 Å². The minimum atomic E-state index is 0.0535. The maximum atomic E-state index is 11.6. The van der Waals surface area contributed by atoms with Gasteiger partial charge in [0.15, 0.2) is 5.78 Å². The maximum absolute atomic E-state index is 11.6. The van der Waals surface area contributed by atoms with E-state index in [0.717, 1.165) is 22.4 Å². The second-order valence-electron chi connectivity index (χ2n) is 3.92. The highest BCUT2D eigenvalue weighted by molar-refractivity contribution is 7.19. The van der Waals surface area contributed by atoms with E-state index < -0.39 is 0 Å². The Bertz CT molecular complexity index is 543. The van der Waals surface area contributed by atoms with Crippen LogP contribution in [-0.2, 0) is 6.42 Å². The monoisotopic (exact) mass is 245 g/mol. The van der Waals surface area contributed by atoms with Gasteiger partial charge in [0.05, 0.1) is 10.6 Å². The molecule has 1 aromatic carbocycles. The quantitative estimate of drug-likeness (QED) is 0.837. The first-order valence-corrected chi connectivity index (χ1v) is 6.44. The van der Waals surface area contributed by atoms with Crippen LogP contribution >= 0.6 is 11.3 Å². The number of ketones is 1. The summed E-state index contributed by atoms with van der Waals surface area (Å²) in [5.41, 5.74) is 8.87. The van der Waals surface area contributed by atoms with E-state index in [1.165, 1.54) is 11.3 Å². The third-order valence-corrected chi connectivity index (χ3v) is 3.89. The molecular formula is C14H15NOS. The van der Waals surface area contributed by atoms with Crippen LogP contribution in [0.1, 0.15) is 29.8 Å². The number of hydrogen-bond donors (Lipinski definition) is 1. The first-order chi connectivity index (χ1) is 8.15. The lowest BCUT2D eigenvalue weighted by Gasteiger charge is -2.03. The van der Waals surface area contributed by atoms with Gasteiger partial charge in [0.1, 0.15) is 0 Å². The van der Waals surface area contributed by atoms with Crippen molar-refractivity contribution in [2.24, 2.45) is 0 Å². The van der Waals surface area contributed by atoms with Crippen LogP contribution in [-0.4, -0.2) is 5.78 Å². The van der Waals surface area contributed by atoms with Gasteiger partial charge in [0, 0.05) is 4.88 Å². The Morgan fingerprint density at radius 1 is 1.29 bits per heavy atom. The summed E-state index contributed by atoms with van der Waals surface area (Å²) in [5, 5.41) is 0.633. The smallest absolute Gasteiger partial charge is 0.163 e. The molecule has 0 spiro atoms. The van der Waals surface area contributed by atoms with Crippen LogP contribution in [0.3, 0.4) is 0 Å². The molecule has 1 heterocycles. The molecule has 17 heavy (non-hydrogen) atoms. The third-order valence-electron chi connectivity index (χ3n) is 2.78. The Morgan fingerprint density at radius 2 is 1.94 bits per heavy atom. The van der Waals surface area contributed by atoms with Crippen LogP contribution in [0, 0.1) is 0 Å². The van der Waals surface area contributed by atoms with Crippen molar-refractivity contribution < 1.29 is 4.79 Å². The molecule has 2 nitrogen and oxygen atoms in total. The number of Topliss-reactive ketones (excluding diaryl/α,β-unsaturated/α-hetero) is 1. The molecule has 2 N–H and O–H groups in total. The molecule has 88 valence electrons. The lowest BCUT2D eigenvalue weighted by Crippen LogP contribution is -1.99. The summed E-state index contributed by atoms with van der Waals surface area (Å²) in [4.78, 5) is 12.7. The van der Waals surface area contributed by atoms with E-state index in [-0.39, 0.29) is 5.78 Å². The predicted molar refractivity (Wildman–Crippen MR) is 73.5 cm³/mol. The van der Waals surface area contributed by atoms with E-state index >= 15 is 0 Å². The summed E-state index contributed by atoms with van der Waals surface area (Å²) < 4.78 is 0. The number of benzene rings is 1. The molecule has 0 saturated heterocycles. The maximum Gasteiger partial charge on any atom is 0.163 e. The summed E-state index contributed by atoms with van der Waals surface area (Å²) in [6, 6.07) is 10.1. The molecule has 0 aliphatic rings. The number of nitrogen functional groups attached to an aromatic ring is 1. The van der Waals surface area contributed by atoms with E-state index in [1.54, 1.807) is 6.92 Å². The SMILES string of the molecule is CCc1c(-c2ccccc2)sc(N)c1C(C)=O. The highest BCUT2D eigenvalue weighted by atomic mass is 32.1.